The van der Waals surface area contributed by atoms with Crippen LogP contribution in [0.1, 0.15) is 0 Å². The van der Waals surface area contributed by atoms with Crippen LogP contribution in [0, 0.1) is 0 Å². The highest BCUT2D eigenvalue weighted by Gasteiger charge is 2.13. The molecule has 0 radical (unpaired) electrons. The average molecular weight is 218 g/mol. The van der Waals surface area contributed by atoms with Gasteiger partial charge in [0.05, 0.1) is 0 Å². The molecule has 0 fully saturated rings. The fraction of sp³-hybridized carbons (Fsp3) is 1.00. The minimum atomic E-state index is -0.804. The Morgan fingerprint density at radius 2 is 1.00 bits per heavy atom. The standard InChI is InChI=1S/C10H27NSi2/c1-12(2,3)9-7-11-8-10-13(4,5)6/h11H,7-10H2,1-6H3. The van der Waals surface area contributed by atoms with Gasteiger partial charge in [-0.3, -0.25) is 0 Å². The van der Waals surface area contributed by atoms with Crippen LogP contribution in [0.3, 0.4) is 0 Å². The van der Waals surface area contributed by atoms with Crippen molar-refractivity contribution in [3.63, 3.8) is 0 Å². The first-order valence-electron chi connectivity index (χ1n) is 5.41. The van der Waals surface area contributed by atoms with Crippen LogP contribution in [-0.4, -0.2) is 29.2 Å². The number of hydrogen-bond donors (Lipinski definition) is 1. The smallest absolute Gasteiger partial charge is 0.0455 e. The third kappa shape index (κ3) is 12.4. The van der Waals surface area contributed by atoms with Crippen LogP contribution in [-0.2, 0) is 0 Å². The first-order chi connectivity index (χ1) is 5.71. The van der Waals surface area contributed by atoms with Crippen LogP contribution in [0.15, 0.2) is 0 Å². The summed E-state index contributed by atoms with van der Waals surface area (Å²) in [5.41, 5.74) is 0. The van der Waals surface area contributed by atoms with Crippen LogP contribution in [0.5, 0.6) is 0 Å². The van der Waals surface area contributed by atoms with Crippen LogP contribution in [0.4, 0.5) is 0 Å². The van der Waals surface area contributed by atoms with Crippen molar-refractivity contribution in [1.29, 1.82) is 0 Å². The van der Waals surface area contributed by atoms with Gasteiger partial charge in [-0.1, -0.05) is 39.3 Å². The topological polar surface area (TPSA) is 12.0 Å². The third-order valence-corrected chi connectivity index (χ3v) is 5.60. The van der Waals surface area contributed by atoms with Gasteiger partial charge in [-0.05, 0) is 25.2 Å². The van der Waals surface area contributed by atoms with Crippen molar-refractivity contribution in [3.8, 4) is 0 Å². The molecule has 0 aromatic carbocycles. The molecule has 0 unspecified atom stereocenters. The van der Waals surface area contributed by atoms with Gasteiger partial charge in [0.2, 0.25) is 0 Å². The lowest BCUT2D eigenvalue weighted by Gasteiger charge is -2.18. The van der Waals surface area contributed by atoms with Gasteiger partial charge in [0.1, 0.15) is 0 Å². The lowest BCUT2D eigenvalue weighted by atomic mass is 10.6. The lowest BCUT2D eigenvalue weighted by molar-refractivity contribution is 0.748. The van der Waals surface area contributed by atoms with Crippen molar-refractivity contribution in [2.24, 2.45) is 0 Å². The molecule has 1 nitrogen and oxygen atoms in total. The predicted octanol–water partition coefficient (Wildman–Crippen LogP) is 3.25. The predicted molar refractivity (Wildman–Crippen MR) is 69.2 cm³/mol. The second-order valence-electron chi connectivity index (χ2n) is 6.37. The van der Waals surface area contributed by atoms with E-state index in [2.05, 4.69) is 44.6 Å². The van der Waals surface area contributed by atoms with E-state index in [9.17, 15) is 0 Å². The van der Waals surface area contributed by atoms with Gasteiger partial charge >= 0.3 is 0 Å². The minimum absolute atomic E-state index is 0.804. The SMILES string of the molecule is C[Si](C)(C)CCNCC[Si](C)(C)C. The van der Waals surface area contributed by atoms with Gasteiger partial charge in [-0.2, -0.15) is 0 Å². The first-order valence-corrected chi connectivity index (χ1v) is 12.8. The zero-order valence-electron chi connectivity index (χ0n) is 10.3. The van der Waals surface area contributed by atoms with E-state index in [0.29, 0.717) is 0 Å². The van der Waals surface area contributed by atoms with E-state index in [0.717, 1.165) is 0 Å². The number of rotatable bonds is 6. The summed E-state index contributed by atoms with van der Waals surface area (Å²) >= 11 is 0. The fourth-order valence-electron chi connectivity index (χ4n) is 1.05. The molecule has 0 amide bonds. The molecule has 1 N–H and O–H groups in total. The molecular formula is C10H27NSi2. The van der Waals surface area contributed by atoms with E-state index in [1.165, 1.54) is 25.2 Å². The van der Waals surface area contributed by atoms with Gasteiger partial charge in [0, 0.05) is 16.1 Å². The van der Waals surface area contributed by atoms with E-state index in [1.54, 1.807) is 0 Å². The Kier molecular flexibility index (Phi) is 5.48. The molecule has 0 heterocycles. The largest absolute Gasteiger partial charge is 0.317 e. The lowest BCUT2D eigenvalue weighted by Crippen LogP contribution is -2.31. The van der Waals surface area contributed by atoms with Crippen LogP contribution in [0.25, 0.3) is 0 Å². The third-order valence-electron chi connectivity index (χ3n) is 2.10. The summed E-state index contributed by atoms with van der Waals surface area (Å²) < 4.78 is 0. The zero-order valence-corrected chi connectivity index (χ0v) is 12.3. The molecule has 0 aliphatic carbocycles. The molecule has 0 rings (SSSR count). The normalized spacial score (nSPS) is 13.4. The van der Waals surface area contributed by atoms with Crippen molar-refractivity contribution in [2.75, 3.05) is 13.1 Å². The zero-order chi connectivity index (χ0) is 10.5. The van der Waals surface area contributed by atoms with Gasteiger partial charge in [-0.15, -0.1) is 0 Å². The monoisotopic (exact) mass is 217 g/mol. The van der Waals surface area contributed by atoms with Gasteiger partial charge < -0.3 is 5.32 Å². The number of nitrogens with one attached hydrogen (secondary N) is 1. The van der Waals surface area contributed by atoms with Crippen LogP contribution >= 0.6 is 0 Å². The number of hydrogen-bond acceptors (Lipinski definition) is 1. The second-order valence-corrected chi connectivity index (χ2v) is 17.6. The van der Waals surface area contributed by atoms with Crippen LogP contribution < -0.4 is 5.32 Å². The maximum atomic E-state index is 3.57. The summed E-state index contributed by atoms with van der Waals surface area (Å²) in [5.74, 6) is 0. The van der Waals surface area contributed by atoms with E-state index in [-0.39, 0.29) is 0 Å². The van der Waals surface area contributed by atoms with Gasteiger partial charge in [-0.25, -0.2) is 0 Å². The van der Waals surface area contributed by atoms with Crippen molar-refractivity contribution in [2.45, 2.75) is 51.4 Å². The average Bonchev–Trinajstić information content (AvgIpc) is 1.81. The van der Waals surface area contributed by atoms with E-state index < -0.39 is 16.1 Å². The Balaban J connectivity index is 3.28. The summed E-state index contributed by atoms with van der Waals surface area (Å²) in [7, 11) is -1.61. The van der Waals surface area contributed by atoms with Gasteiger partial charge in [0.15, 0.2) is 0 Å². The Morgan fingerprint density at radius 3 is 1.23 bits per heavy atom. The molecule has 0 atom stereocenters. The molecule has 13 heavy (non-hydrogen) atoms. The molecule has 0 saturated carbocycles. The summed E-state index contributed by atoms with van der Waals surface area (Å²) in [6, 6.07) is 2.83. The molecule has 0 aliphatic heterocycles. The maximum absolute atomic E-state index is 3.57. The molecular weight excluding hydrogens is 190 g/mol. The van der Waals surface area contributed by atoms with Crippen molar-refractivity contribution >= 4 is 16.1 Å². The highest BCUT2D eigenvalue weighted by Crippen LogP contribution is 2.08. The molecule has 0 bridgehead atoms. The summed E-state index contributed by atoms with van der Waals surface area (Å²) in [6.45, 7) is 17.1. The molecule has 0 aromatic heterocycles. The summed E-state index contributed by atoms with van der Waals surface area (Å²) in [6.07, 6.45) is 0. The Bertz CT molecular complexity index is 117. The molecule has 80 valence electrons. The molecule has 0 aromatic rings. The summed E-state index contributed by atoms with van der Waals surface area (Å²) in [5, 5.41) is 3.57. The fourth-order valence-corrected chi connectivity index (χ4v) is 2.91. The maximum Gasteiger partial charge on any atom is 0.0455 e. The van der Waals surface area contributed by atoms with Crippen LogP contribution in [0.2, 0.25) is 51.4 Å². The Hall–Kier alpha value is 0.394. The van der Waals surface area contributed by atoms with Crippen molar-refractivity contribution in [3.05, 3.63) is 0 Å². The quantitative estimate of drug-likeness (QED) is 0.532. The van der Waals surface area contributed by atoms with Gasteiger partial charge in [0.25, 0.3) is 0 Å². The molecule has 0 saturated heterocycles. The first kappa shape index (κ1) is 13.4. The van der Waals surface area contributed by atoms with E-state index in [4.69, 9.17) is 0 Å². The Labute approximate surface area is 86.3 Å². The minimum Gasteiger partial charge on any atom is -0.317 e. The molecule has 0 spiro atoms. The van der Waals surface area contributed by atoms with Crippen molar-refractivity contribution in [1.82, 2.24) is 5.32 Å². The highest BCUT2D eigenvalue weighted by atomic mass is 28.3. The Morgan fingerprint density at radius 1 is 0.692 bits per heavy atom. The van der Waals surface area contributed by atoms with E-state index >= 15 is 0 Å². The van der Waals surface area contributed by atoms with E-state index in [1.807, 2.05) is 0 Å². The highest BCUT2D eigenvalue weighted by molar-refractivity contribution is 6.76. The second kappa shape index (κ2) is 5.32. The molecule has 3 heteroatoms. The molecule has 0 aliphatic rings. The summed E-state index contributed by atoms with van der Waals surface area (Å²) in [4.78, 5) is 0. The van der Waals surface area contributed by atoms with Crippen molar-refractivity contribution < 1.29 is 0 Å².